The van der Waals surface area contributed by atoms with Crippen molar-refractivity contribution < 1.29 is 4.79 Å². The van der Waals surface area contributed by atoms with Crippen molar-refractivity contribution in [1.82, 2.24) is 15.3 Å². The molecule has 4 bridgehead atoms. The maximum absolute atomic E-state index is 12.3. The van der Waals surface area contributed by atoms with Crippen molar-refractivity contribution in [3.8, 4) is 0 Å². The molecule has 0 aromatic carbocycles. The van der Waals surface area contributed by atoms with Crippen molar-refractivity contribution >= 4 is 17.7 Å². The molecule has 22 heavy (non-hydrogen) atoms. The number of hydrogen-bond acceptors (Lipinski definition) is 4. The zero-order valence-corrected chi connectivity index (χ0v) is 13.3. The maximum atomic E-state index is 12.3. The summed E-state index contributed by atoms with van der Waals surface area (Å²) in [6.07, 6.45) is 9.08. The highest BCUT2D eigenvalue weighted by Gasteiger charge is 2.51. The molecule has 0 atom stereocenters. The summed E-state index contributed by atoms with van der Waals surface area (Å²) < 4.78 is 0. The van der Waals surface area contributed by atoms with Crippen LogP contribution in [0.5, 0.6) is 0 Å². The number of rotatable bonds is 4. The molecular weight excluding hydrogens is 298 g/mol. The van der Waals surface area contributed by atoms with Gasteiger partial charge in [-0.15, -0.1) is 0 Å². The summed E-state index contributed by atoms with van der Waals surface area (Å²) >= 11 is 1.29. The highest BCUT2D eigenvalue weighted by molar-refractivity contribution is 7.99. The van der Waals surface area contributed by atoms with Crippen molar-refractivity contribution in [2.24, 2.45) is 17.8 Å². The summed E-state index contributed by atoms with van der Waals surface area (Å²) in [5, 5.41) is 3.84. The smallest absolute Gasteiger partial charge is 0.251 e. The molecule has 5 rings (SSSR count). The zero-order valence-electron chi connectivity index (χ0n) is 12.5. The first-order chi connectivity index (χ1) is 10.6. The molecule has 1 aromatic rings. The van der Waals surface area contributed by atoms with Crippen LogP contribution in [0.1, 0.15) is 38.5 Å². The third-order valence-corrected chi connectivity index (χ3v) is 6.32. The Morgan fingerprint density at radius 1 is 1.27 bits per heavy atom. The van der Waals surface area contributed by atoms with Crippen LogP contribution in [0.25, 0.3) is 0 Å². The summed E-state index contributed by atoms with van der Waals surface area (Å²) in [7, 11) is 0. The van der Waals surface area contributed by atoms with Crippen molar-refractivity contribution in [3.63, 3.8) is 0 Å². The summed E-state index contributed by atoms with van der Waals surface area (Å²) in [4.78, 5) is 30.3. The van der Waals surface area contributed by atoms with E-state index in [1.54, 1.807) is 0 Å². The molecule has 4 aliphatic carbocycles. The summed E-state index contributed by atoms with van der Waals surface area (Å²) in [5.41, 5.74) is -0.122. The summed E-state index contributed by atoms with van der Waals surface area (Å²) in [6.45, 7) is 0. The average Bonchev–Trinajstić information content (AvgIpc) is 2.43. The highest BCUT2D eigenvalue weighted by Crippen LogP contribution is 2.55. The summed E-state index contributed by atoms with van der Waals surface area (Å²) in [6, 6.07) is 1.37. The molecular formula is C16H21N3O2S. The van der Waals surface area contributed by atoms with Crippen LogP contribution in [0.2, 0.25) is 0 Å². The Labute approximate surface area is 133 Å². The fraction of sp³-hybridized carbons (Fsp3) is 0.688. The van der Waals surface area contributed by atoms with Crippen molar-refractivity contribution in [1.29, 1.82) is 0 Å². The molecule has 1 amide bonds. The van der Waals surface area contributed by atoms with Crippen LogP contribution in [0.15, 0.2) is 22.2 Å². The molecule has 1 heterocycles. The molecule has 6 heteroatoms. The minimum absolute atomic E-state index is 0.0594. The lowest BCUT2D eigenvalue weighted by atomic mass is 9.53. The van der Waals surface area contributed by atoms with Gasteiger partial charge in [0.2, 0.25) is 5.91 Å². The number of nitrogens with zero attached hydrogens (tertiary/aromatic N) is 1. The number of aromatic amines is 1. The third kappa shape index (κ3) is 2.81. The predicted octanol–water partition coefficient (Wildman–Crippen LogP) is 1.95. The van der Waals surface area contributed by atoms with Crippen LogP contribution < -0.4 is 10.9 Å². The number of thioether (sulfide) groups is 1. The van der Waals surface area contributed by atoms with E-state index in [9.17, 15) is 9.59 Å². The van der Waals surface area contributed by atoms with Gasteiger partial charge in [0.25, 0.3) is 5.56 Å². The number of nitrogens with one attached hydrogen (secondary N) is 2. The molecule has 2 N–H and O–H groups in total. The molecule has 0 spiro atoms. The second-order valence-electron chi connectivity index (χ2n) is 7.27. The highest BCUT2D eigenvalue weighted by atomic mass is 32.2. The number of carbonyl (C=O) groups is 1. The van der Waals surface area contributed by atoms with E-state index in [-0.39, 0.29) is 17.0 Å². The summed E-state index contributed by atoms with van der Waals surface area (Å²) in [5.74, 6) is 2.86. The van der Waals surface area contributed by atoms with Crippen molar-refractivity contribution in [2.75, 3.05) is 5.75 Å². The van der Waals surface area contributed by atoms with E-state index in [4.69, 9.17) is 0 Å². The van der Waals surface area contributed by atoms with E-state index in [0.717, 1.165) is 37.0 Å². The lowest BCUT2D eigenvalue weighted by Gasteiger charge is -2.56. The molecule has 4 aliphatic rings. The first-order valence-corrected chi connectivity index (χ1v) is 9.08. The standard InChI is InChI=1S/C16H21N3O2S/c20-13-1-2-17-15(18-13)22-9-14(21)19-16-6-10-3-11(7-16)5-12(4-10)8-16/h1-2,10-12H,3-9H2,(H,19,21)(H,17,18,20). The second-order valence-corrected chi connectivity index (χ2v) is 8.24. The monoisotopic (exact) mass is 319 g/mol. The molecule has 118 valence electrons. The quantitative estimate of drug-likeness (QED) is 0.657. The van der Waals surface area contributed by atoms with Gasteiger partial charge in [0, 0.05) is 17.8 Å². The Kier molecular flexibility index (Phi) is 3.51. The van der Waals surface area contributed by atoms with Crippen LogP contribution in [0.3, 0.4) is 0 Å². The first kappa shape index (κ1) is 14.3. The van der Waals surface area contributed by atoms with Gasteiger partial charge in [-0.05, 0) is 56.3 Å². The van der Waals surface area contributed by atoms with Gasteiger partial charge in [-0.2, -0.15) is 0 Å². The minimum Gasteiger partial charge on any atom is -0.350 e. The normalized spacial score (nSPS) is 35.5. The lowest BCUT2D eigenvalue weighted by molar-refractivity contribution is -0.124. The molecule has 0 unspecified atom stereocenters. The molecule has 0 radical (unpaired) electrons. The van der Waals surface area contributed by atoms with E-state index in [1.807, 2.05) is 0 Å². The number of carbonyl (C=O) groups excluding carboxylic acids is 1. The van der Waals surface area contributed by atoms with E-state index in [2.05, 4.69) is 15.3 Å². The van der Waals surface area contributed by atoms with E-state index < -0.39 is 0 Å². The molecule has 1 aromatic heterocycles. The second kappa shape index (κ2) is 5.41. The van der Waals surface area contributed by atoms with E-state index in [0.29, 0.717) is 10.9 Å². The largest absolute Gasteiger partial charge is 0.350 e. The number of H-pyrrole nitrogens is 1. The van der Waals surface area contributed by atoms with Gasteiger partial charge in [-0.25, -0.2) is 4.98 Å². The van der Waals surface area contributed by atoms with Gasteiger partial charge in [-0.1, -0.05) is 11.8 Å². The lowest BCUT2D eigenvalue weighted by Crippen LogP contribution is -2.60. The fourth-order valence-electron chi connectivity index (χ4n) is 5.15. The van der Waals surface area contributed by atoms with Crippen LogP contribution in [-0.4, -0.2) is 27.2 Å². The van der Waals surface area contributed by atoms with Gasteiger partial charge in [-0.3, -0.25) is 9.59 Å². The van der Waals surface area contributed by atoms with Crippen LogP contribution in [-0.2, 0) is 4.79 Å². The van der Waals surface area contributed by atoms with Gasteiger partial charge >= 0.3 is 0 Å². The topological polar surface area (TPSA) is 74.8 Å². The van der Waals surface area contributed by atoms with Crippen LogP contribution in [0, 0.1) is 17.8 Å². The van der Waals surface area contributed by atoms with Gasteiger partial charge in [0.15, 0.2) is 5.16 Å². The van der Waals surface area contributed by atoms with Crippen molar-refractivity contribution in [3.05, 3.63) is 22.6 Å². The minimum atomic E-state index is -0.181. The van der Waals surface area contributed by atoms with E-state index >= 15 is 0 Å². The fourth-order valence-corrected chi connectivity index (χ4v) is 5.80. The molecule has 0 aliphatic heterocycles. The van der Waals surface area contributed by atoms with Gasteiger partial charge < -0.3 is 10.3 Å². The Morgan fingerprint density at radius 3 is 2.50 bits per heavy atom. The third-order valence-electron chi connectivity index (χ3n) is 5.43. The van der Waals surface area contributed by atoms with Crippen molar-refractivity contribution in [2.45, 2.75) is 49.2 Å². The van der Waals surface area contributed by atoms with Crippen LogP contribution >= 0.6 is 11.8 Å². The Bertz CT molecular complexity index is 607. The Hall–Kier alpha value is -1.30. The number of hydrogen-bond donors (Lipinski definition) is 2. The van der Waals surface area contributed by atoms with E-state index in [1.165, 1.54) is 43.3 Å². The SMILES string of the molecule is O=C(CSc1nccc(=O)[nH]1)NC12CC3CC(CC(C3)C1)C2. The average molecular weight is 319 g/mol. The van der Waals surface area contributed by atoms with Crippen LogP contribution in [0.4, 0.5) is 0 Å². The van der Waals surface area contributed by atoms with Gasteiger partial charge in [0.1, 0.15) is 0 Å². The molecule has 5 nitrogen and oxygen atoms in total. The molecule has 4 saturated carbocycles. The molecule has 0 saturated heterocycles. The first-order valence-electron chi connectivity index (χ1n) is 8.09. The number of amides is 1. The maximum Gasteiger partial charge on any atom is 0.251 e. The van der Waals surface area contributed by atoms with Gasteiger partial charge in [0.05, 0.1) is 5.75 Å². The predicted molar refractivity (Wildman–Crippen MR) is 84.6 cm³/mol. The number of aromatic nitrogens is 2. The Balaban J connectivity index is 1.37. The zero-order chi connectivity index (χ0) is 15.2. The Morgan fingerprint density at radius 2 is 1.91 bits per heavy atom. The molecule has 4 fully saturated rings.